The van der Waals surface area contributed by atoms with Crippen LogP contribution in [0.15, 0.2) is 97.1 Å². The van der Waals surface area contributed by atoms with Crippen molar-refractivity contribution >= 4 is 40.1 Å². The van der Waals surface area contributed by atoms with Crippen LogP contribution in [0.1, 0.15) is 38.8 Å². The lowest BCUT2D eigenvalue weighted by Crippen LogP contribution is -2.51. The molecule has 0 saturated carbocycles. The Kier molecular flexibility index (Phi) is 5.73. The molecule has 0 aliphatic carbocycles. The van der Waals surface area contributed by atoms with Crippen LogP contribution in [0.3, 0.4) is 0 Å². The van der Waals surface area contributed by atoms with Crippen molar-refractivity contribution in [3.63, 3.8) is 0 Å². The number of nitrogens with zero attached hydrogens (tertiary/aromatic N) is 2. The van der Waals surface area contributed by atoms with Gasteiger partial charge >= 0.3 is 0 Å². The number of nitrogens with one attached hydrogen (secondary N) is 1. The number of Topliss-reactive ketones (excluding diaryl/α,β-unsaturated/α-hetero) is 2. The Balaban J connectivity index is 1.40. The van der Waals surface area contributed by atoms with E-state index in [0.717, 1.165) is 16.8 Å². The third-order valence-electron chi connectivity index (χ3n) is 9.45. The topological polar surface area (TPSA) is 128 Å². The minimum Gasteiger partial charge on any atom is -0.454 e. The summed E-state index contributed by atoms with van der Waals surface area (Å²) in [5.41, 5.74) is 2.56. The molecule has 0 unspecified atom stereocenters. The third kappa shape index (κ3) is 3.65. The van der Waals surface area contributed by atoms with Gasteiger partial charge in [-0.3, -0.25) is 24.5 Å². The molecule has 4 aliphatic heterocycles. The number of carbonyl (C=O) groups excluding carboxylic acids is 3. The summed E-state index contributed by atoms with van der Waals surface area (Å²) >= 11 is 0. The van der Waals surface area contributed by atoms with Gasteiger partial charge in [-0.2, -0.15) is 0 Å². The van der Waals surface area contributed by atoms with Crippen LogP contribution in [0.2, 0.25) is 0 Å². The second-order valence-corrected chi connectivity index (χ2v) is 11.6. The highest BCUT2D eigenvalue weighted by atomic mass is 16.7. The number of amides is 1. The van der Waals surface area contributed by atoms with Crippen LogP contribution in [0.5, 0.6) is 11.5 Å². The highest BCUT2D eigenvalue weighted by Crippen LogP contribution is 2.59. The third-order valence-corrected chi connectivity index (χ3v) is 9.45. The van der Waals surface area contributed by atoms with Crippen molar-refractivity contribution in [2.45, 2.75) is 24.4 Å². The highest BCUT2D eigenvalue weighted by Gasteiger charge is 2.70. The summed E-state index contributed by atoms with van der Waals surface area (Å²) in [6.45, 7) is 1.98. The predicted molar refractivity (Wildman–Crippen MR) is 165 cm³/mol. The maximum Gasteiger partial charge on any atom is 0.269 e. The largest absolute Gasteiger partial charge is 0.454 e. The Bertz CT molecular complexity index is 2000. The molecule has 0 bridgehead atoms. The molecule has 4 atom stereocenters. The number of anilines is 2. The summed E-state index contributed by atoms with van der Waals surface area (Å²) in [5, 5.41) is 14.4. The summed E-state index contributed by atoms with van der Waals surface area (Å²) in [6, 6.07) is 23.3. The Morgan fingerprint density at radius 2 is 1.62 bits per heavy atom. The van der Waals surface area contributed by atoms with Gasteiger partial charge in [-0.1, -0.05) is 42.5 Å². The summed E-state index contributed by atoms with van der Waals surface area (Å²) < 4.78 is 11.1. The van der Waals surface area contributed by atoms with Crippen molar-refractivity contribution in [3.05, 3.63) is 129 Å². The molecule has 4 heterocycles. The standard InChI is InChI=1S/C35H25N3O7/c1-19-16-29-35(24-7-3-4-8-25(24)36-34(35)41)30(32(39)21-12-15-27-28(17-21)45-18-44-27)31(37(29)26-9-5-2-6-23(19)26)33(40)20-10-13-22(14-11-20)38(42)43/h2-17,29-31H,18H2,1H3,(H,36,41)/t29-,30-,31+,35+/m0/s1. The van der Waals surface area contributed by atoms with E-state index < -0.39 is 39.9 Å². The minimum atomic E-state index is -1.49. The zero-order chi connectivity index (χ0) is 31.0. The van der Waals surface area contributed by atoms with Crippen LogP contribution in [-0.4, -0.2) is 41.3 Å². The first-order valence-electron chi connectivity index (χ1n) is 14.5. The monoisotopic (exact) mass is 599 g/mol. The second kappa shape index (κ2) is 9.62. The molecule has 10 heteroatoms. The zero-order valence-corrected chi connectivity index (χ0v) is 23.9. The molecule has 1 amide bonds. The van der Waals surface area contributed by atoms with Gasteiger partial charge in [0.25, 0.3) is 5.69 Å². The number of fused-ring (bicyclic) bond motifs is 7. The number of hydrogen-bond acceptors (Lipinski definition) is 8. The number of allylic oxidation sites excluding steroid dienone is 1. The molecular formula is C35H25N3O7. The van der Waals surface area contributed by atoms with Crippen molar-refractivity contribution in [1.82, 2.24) is 0 Å². The summed E-state index contributed by atoms with van der Waals surface area (Å²) in [6.07, 6.45) is 1.98. The van der Waals surface area contributed by atoms with Gasteiger partial charge in [-0.05, 0) is 60.5 Å². The fraction of sp³-hybridized carbons (Fsp3) is 0.171. The SMILES string of the molecule is CC1=C[C@@H]2N(c3ccccc31)[C@@H](C(=O)c1ccc([N+](=O)[O-])cc1)[C@@H](C(=O)c1ccc3c(c1)OCO3)[C@]21C(=O)Nc2ccccc21. The molecule has 8 rings (SSSR count). The molecule has 1 N–H and O–H groups in total. The van der Waals surface area contributed by atoms with Crippen LogP contribution in [0.25, 0.3) is 5.57 Å². The van der Waals surface area contributed by atoms with Crippen molar-refractivity contribution in [3.8, 4) is 11.5 Å². The van der Waals surface area contributed by atoms with E-state index >= 15 is 4.79 Å². The summed E-state index contributed by atoms with van der Waals surface area (Å²) in [4.78, 5) is 57.1. The summed E-state index contributed by atoms with van der Waals surface area (Å²) in [7, 11) is 0. The molecule has 222 valence electrons. The first kappa shape index (κ1) is 26.8. The molecule has 4 aliphatic rings. The number of non-ortho nitro benzene ring substituents is 1. The van der Waals surface area contributed by atoms with E-state index in [1.165, 1.54) is 24.3 Å². The number of nitro benzene ring substituents is 1. The van der Waals surface area contributed by atoms with E-state index in [0.29, 0.717) is 22.7 Å². The van der Waals surface area contributed by atoms with E-state index in [9.17, 15) is 19.7 Å². The number of hydrogen-bond donors (Lipinski definition) is 1. The zero-order valence-electron chi connectivity index (χ0n) is 23.9. The molecule has 0 aromatic heterocycles. The molecule has 10 nitrogen and oxygen atoms in total. The fourth-order valence-electron chi connectivity index (χ4n) is 7.53. The number of benzene rings is 4. The van der Waals surface area contributed by atoms with Crippen molar-refractivity contribution < 1.29 is 28.8 Å². The second-order valence-electron chi connectivity index (χ2n) is 11.6. The molecule has 1 spiro atoms. The number of nitro groups is 1. The van der Waals surface area contributed by atoms with Crippen molar-refractivity contribution in [1.29, 1.82) is 0 Å². The number of para-hydroxylation sites is 2. The van der Waals surface area contributed by atoms with Crippen LogP contribution >= 0.6 is 0 Å². The number of ether oxygens (including phenoxy) is 2. The number of carbonyl (C=O) groups is 3. The van der Waals surface area contributed by atoms with Gasteiger partial charge in [0.1, 0.15) is 11.5 Å². The van der Waals surface area contributed by atoms with Crippen molar-refractivity contribution in [2.75, 3.05) is 17.0 Å². The average molecular weight is 600 g/mol. The molecule has 0 radical (unpaired) electrons. The lowest BCUT2D eigenvalue weighted by atomic mass is 9.64. The number of ketones is 2. The molecule has 45 heavy (non-hydrogen) atoms. The van der Waals surface area contributed by atoms with Gasteiger partial charge in [0.2, 0.25) is 12.7 Å². The lowest BCUT2D eigenvalue weighted by molar-refractivity contribution is -0.384. The normalized spacial score (nSPS) is 23.6. The van der Waals surface area contributed by atoms with E-state index in [1.54, 1.807) is 24.3 Å². The minimum absolute atomic E-state index is 0.0219. The maximum absolute atomic E-state index is 15.0. The van der Waals surface area contributed by atoms with Crippen LogP contribution in [0, 0.1) is 16.0 Å². The van der Waals surface area contributed by atoms with Gasteiger partial charge in [-0.25, -0.2) is 0 Å². The van der Waals surface area contributed by atoms with Crippen LogP contribution in [0.4, 0.5) is 17.1 Å². The van der Waals surface area contributed by atoms with E-state index in [-0.39, 0.29) is 29.5 Å². The molecule has 1 fully saturated rings. The predicted octanol–water partition coefficient (Wildman–Crippen LogP) is 5.57. The van der Waals surface area contributed by atoms with Crippen LogP contribution in [-0.2, 0) is 10.2 Å². The first-order chi connectivity index (χ1) is 21.8. The highest BCUT2D eigenvalue weighted by molar-refractivity contribution is 6.18. The maximum atomic E-state index is 15.0. The van der Waals surface area contributed by atoms with Gasteiger partial charge in [-0.15, -0.1) is 0 Å². The smallest absolute Gasteiger partial charge is 0.269 e. The Hall–Kier alpha value is -5.77. The van der Waals surface area contributed by atoms with Crippen molar-refractivity contribution in [2.24, 2.45) is 5.92 Å². The van der Waals surface area contributed by atoms with Gasteiger partial charge in [0.05, 0.1) is 16.9 Å². The Labute approximate surface area is 257 Å². The van der Waals surface area contributed by atoms with E-state index in [1.807, 2.05) is 60.4 Å². The Morgan fingerprint density at radius 3 is 2.42 bits per heavy atom. The van der Waals surface area contributed by atoms with Gasteiger partial charge in [0, 0.05) is 40.2 Å². The summed E-state index contributed by atoms with van der Waals surface area (Å²) in [5.74, 6) is -1.49. The average Bonchev–Trinajstić information content (AvgIpc) is 3.73. The quantitative estimate of drug-likeness (QED) is 0.179. The molecule has 4 aromatic rings. The van der Waals surface area contributed by atoms with E-state index in [2.05, 4.69) is 5.32 Å². The first-order valence-corrected chi connectivity index (χ1v) is 14.5. The van der Waals surface area contributed by atoms with Gasteiger partial charge in [0.15, 0.2) is 23.1 Å². The van der Waals surface area contributed by atoms with Gasteiger partial charge < -0.3 is 19.7 Å². The van der Waals surface area contributed by atoms with E-state index in [4.69, 9.17) is 9.47 Å². The van der Waals surface area contributed by atoms with Crippen LogP contribution < -0.4 is 19.7 Å². The fourth-order valence-corrected chi connectivity index (χ4v) is 7.53. The molecular weight excluding hydrogens is 574 g/mol. The molecule has 1 saturated heterocycles. The number of rotatable bonds is 5. The Morgan fingerprint density at radius 1 is 0.911 bits per heavy atom. The lowest BCUT2D eigenvalue weighted by Gasteiger charge is -2.39. The molecule has 4 aromatic carbocycles.